The van der Waals surface area contributed by atoms with E-state index in [1.807, 2.05) is 43.3 Å². The third kappa shape index (κ3) is 12.7. The molecule has 3 aromatic heterocycles. The number of hydrogen-bond donors (Lipinski definition) is 6. The van der Waals surface area contributed by atoms with Crippen molar-refractivity contribution >= 4 is 162 Å². The Morgan fingerprint density at radius 3 is 1.05 bits per heavy atom. The zero-order chi connectivity index (χ0) is 50.4. The lowest BCUT2D eigenvalue weighted by molar-refractivity contribution is 0.0168. The number of aryl methyl sites for hydroxylation is 1. The second kappa shape index (κ2) is 23.5. The number of thiophene rings is 3. The van der Waals surface area contributed by atoms with Gasteiger partial charge in [-0.15, -0.1) is 34.0 Å². The van der Waals surface area contributed by atoms with Gasteiger partial charge >= 0.3 is 0 Å². The number of alkyl halides is 6. The zero-order valence-corrected chi connectivity index (χ0v) is 47.4. The summed E-state index contributed by atoms with van der Waals surface area (Å²) in [4.78, 5) is 5.93. The van der Waals surface area contributed by atoms with Gasteiger partial charge in [-0.3, -0.25) is 0 Å². The number of benzene rings is 5. The van der Waals surface area contributed by atoms with E-state index in [2.05, 4.69) is 50.0 Å². The van der Waals surface area contributed by atoms with Crippen molar-refractivity contribution in [3.8, 4) is 52.2 Å². The highest BCUT2D eigenvalue weighted by Crippen LogP contribution is 2.56. The second-order valence-corrected chi connectivity index (χ2v) is 22.4. The van der Waals surface area contributed by atoms with Crippen molar-refractivity contribution < 1.29 is 26.3 Å². The van der Waals surface area contributed by atoms with Crippen LogP contribution in [-0.2, 0) is 29.1 Å². The Hall–Kier alpha value is -4.59. The van der Waals surface area contributed by atoms with E-state index in [1.54, 1.807) is 47.7 Å². The van der Waals surface area contributed by atoms with Gasteiger partial charge in [-0.05, 0) is 91.9 Å². The molecule has 0 spiro atoms. The Labute approximate surface area is 470 Å². The van der Waals surface area contributed by atoms with E-state index in [4.69, 9.17) is 22.9 Å². The van der Waals surface area contributed by atoms with Crippen molar-refractivity contribution in [1.29, 1.82) is 0 Å². The van der Waals surface area contributed by atoms with Gasteiger partial charge < -0.3 is 32.4 Å². The molecule has 0 radical (unpaired) electrons. The maximum Gasteiger partial charge on any atom is 0.270 e. The molecule has 0 bridgehead atoms. The first kappa shape index (κ1) is 59.3. The topological polar surface area (TPSA) is 153 Å². The van der Waals surface area contributed by atoms with Gasteiger partial charge in [0.05, 0.1) is 66.6 Å². The molecular weight excluding hydrogens is 1210 g/mol. The number of halogens is 8. The van der Waals surface area contributed by atoms with Crippen molar-refractivity contribution in [2.45, 2.75) is 52.9 Å². The molecule has 2 aliphatic heterocycles. The molecule has 0 aliphatic carbocycles. The zero-order valence-electron chi connectivity index (χ0n) is 38.2. The van der Waals surface area contributed by atoms with Crippen molar-refractivity contribution in [3.05, 3.63) is 140 Å². The van der Waals surface area contributed by atoms with Crippen molar-refractivity contribution in [3.63, 3.8) is 0 Å². The quantitative estimate of drug-likeness (QED) is 0.0503. The molecule has 73 heavy (non-hydrogen) atoms. The number of anilines is 6. The molecular formula is C50H48Br2F6N8S7. The van der Waals surface area contributed by atoms with E-state index in [1.165, 1.54) is 76.1 Å². The van der Waals surface area contributed by atoms with Gasteiger partial charge in [-0.2, -0.15) is 35.7 Å². The highest BCUT2D eigenvalue weighted by atomic mass is 79.9. The summed E-state index contributed by atoms with van der Waals surface area (Å²) < 4.78 is 96.8. The molecule has 0 fully saturated rings. The summed E-state index contributed by atoms with van der Waals surface area (Å²) in [6.45, 7) is 4.71. The predicted molar refractivity (Wildman–Crippen MR) is 320 cm³/mol. The molecule has 386 valence electrons. The Bertz CT molecular complexity index is 3160. The van der Waals surface area contributed by atoms with Crippen molar-refractivity contribution in [2.75, 3.05) is 32.4 Å². The Balaban J connectivity index is 0.000000253. The van der Waals surface area contributed by atoms with E-state index in [0.717, 1.165) is 107 Å². The first-order valence-corrected chi connectivity index (χ1v) is 26.4. The number of nitrogens with two attached hydrogens (primary N) is 4. The second-order valence-electron chi connectivity index (χ2n) is 16.2. The van der Waals surface area contributed by atoms with Crippen molar-refractivity contribution in [1.82, 2.24) is 0 Å². The molecule has 2 aliphatic rings. The molecule has 0 unspecified atom stereocenters. The number of nitrogens with one attached hydrogen (secondary N) is 2. The minimum absolute atomic E-state index is 0. The fraction of sp³-hybridized carbons (Fsp3) is 0.160. The van der Waals surface area contributed by atoms with Crippen LogP contribution in [0.5, 0.6) is 0 Å². The largest absolute Gasteiger partial charge is 0.396 e. The lowest BCUT2D eigenvalue weighted by Crippen LogP contribution is -2.06. The molecule has 0 atom stereocenters. The van der Waals surface area contributed by atoms with E-state index >= 15 is 0 Å². The minimum atomic E-state index is -2.90. The van der Waals surface area contributed by atoms with E-state index in [0.29, 0.717) is 31.7 Å². The molecule has 10 rings (SSSR count). The molecule has 8 nitrogen and oxygen atoms in total. The van der Waals surface area contributed by atoms with Crippen LogP contribution in [0, 0.1) is 6.92 Å². The van der Waals surface area contributed by atoms with Crippen LogP contribution in [0.2, 0.25) is 0 Å². The van der Waals surface area contributed by atoms with Crippen LogP contribution in [0.1, 0.15) is 49.8 Å². The third-order valence-electron chi connectivity index (χ3n) is 11.0. The van der Waals surface area contributed by atoms with E-state index in [9.17, 15) is 26.3 Å². The van der Waals surface area contributed by atoms with Gasteiger partial charge in [0, 0.05) is 77.9 Å². The summed E-state index contributed by atoms with van der Waals surface area (Å²) in [7, 11) is 0. The average Bonchev–Trinajstić information content (AvgIpc) is 4.19. The monoisotopic (exact) mass is 1260 g/mol. The summed E-state index contributed by atoms with van der Waals surface area (Å²) >= 11 is 13.7. The SMILES string of the molecule is C.CC(F)(F)c1ccc(-c2ccc(-c3c(N)c(N)c(-c4ccc(-c5ccc(C(C)(F)F)cc5)s4)c4c3NSN4)s2)cc1.Cc1ccc(-c2ccc(C(C)(F)F)cc2)s1.Nc1c(N)c(Br)c2c(c1Br)N=S=N2.S.S. The predicted octanol–water partition coefficient (Wildman–Crippen LogP) is 19.1. The molecule has 0 amide bonds. The first-order chi connectivity index (χ1) is 33.0. The number of fused-ring (bicyclic) bond motifs is 2. The van der Waals surface area contributed by atoms with Gasteiger partial charge in [0.1, 0.15) is 11.4 Å². The number of nitrogen functional groups attached to an aromatic ring is 4. The standard InChI is InChI=1S/C30H24F4N4S3.C13H12F2S.C6H4Br2N4S.CH4.2H2S/c1-29(31,32)17-7-3-15(4-8-17)19-11-13-21(39-19)23-25(35)26(36)24(28-27(23)37-41-38-28)22-14-12-20(40-22)16-5-9-18(10-6-16)30(2,33)34;1-9-3-8-12(16-9)10-4-6-11(7-5-10)13(2,14)15;7-1-3(9)4(10)2(8)6-5(1)11-13-12-6;;;/h3-14,37-38H,35-36H2,1-2H3;3-8H,1-2H3;9-10H2;1H4;2*1H2. The number of rotatable bonds is 8. The average molecular weight is 1260 g/mol. The normalized spacial score (nSPS) is 12.2. The van der Waals surface area contributed by atoms with Gasteiger partial charge in [-0.1, -0.05) is 80.2 Å². The van der Waals surface area contributed by atoms with Gasteiger partial charge in [-0.25, -0.2) is 26.3 Å². The Morgan fingerprint density at radius 1 is 0.452 bits per heavy atom. The third-order valence-corrected chi connectivity index (χ3v) is 17.1. The maximum atomic E-state index is 13.7. The molecule has 5 heterocycles. The fourth-order valence-corrected chi connectivity index (χ4v) is 12.7. The molecule has 0 saturated carbocycles. The molecule has 23 heteroatoms. The summed E-state index contributed by atoms with van der Waals surface area (Å²) in [6.07, 6.45) is 0. The Morgan fingerprint density at radius 2 is 0.753 bits per heavy atom. The van der Waals surface area contributed by atoms with Crippen LogP contribution < -0.4 is 32.4 Å². The fourth-order valence-electron chi connectivity index (χ4n) is 7.23. The van der Waals surface area contributed by atoms with Crippen LogP contribution in [0.4, 0.5) is 71.8 Å². The van der Waals surface area contributed by atoms with Crippen LogP contribution in [-0.4, -0.2) is 0 Å². The van der Waals surface area contributed by atoms with Crippen LogP contribution >= 0.6 is 105 Å². The number of hydrogen-bond acceptors (Lipinski definition) is 12. The van der Waals surface area contributed by atoms with Gasteiger partial charge in [0.2, 0.25) is 0 Å². The van der Waals surface area contributed by atoms with Gasteiger partial charge in [0.15, 0.2) is 0 Å². The minimum Gasteiger partial charge on any atom is -0.396 e. The summed E-state index contributed by atoms with van der Waals surface area (Å²) in [5.74, 6) is -8.56. The summed E-state index contributed by atoms with van der Waals surface area (Å²) in [6, 6.07) is 30.8. The number of nitrogens with zero attached hydrogens (tertiary/aromatic N) is 2. The molecule has 8 aromatic rings. The summed E-state index contributed by atoms with van der Waals surface area (Å²) in [5.41, 5.74) is 33.9. The lowest BCUT2D eigenvalue weighted by atomic mass is 9.99. The van der Waals surface area contributed by atoms with Crippen LogP contribution in [0.25, 0.3) is 52.2 Å². The lowest BCUT2D eigenvalue weighted by Gasteiger charge is -2.17. The van der Waals surface area contributed by atoms with E-state index in [-0.39, 0.29) is 51.1 Å². The highest BCUT2D eigenvalue weighted by molar-refractivity contribution is 9.11. The molecule has 10 N–H and O–H groups in total. The van der Waals surface area contributed by atoms with Crippen LogP contribution in [0.3, 0.4) is 0 Å². The summed E-state index contributed by atoms with van der Waals surface area (Å²) in [5, 5.41) is 0. The molecule has 5 aromatic carbocycles. The smallest absolute Gasteiger partial charge is 0.270 e. The van der Waals surface area contributed by atoms with Gasteiger partial charge in [0.25, 0.3) is 17.8 Å². The molecule has 0 saturated heterocycles. The maximum absolute atomic E-state index is 13.7. The van der Waals surface area contributed by atoms with Crippen molar-refractivity contribution in [2.24, 2.45) is 8.73 Å². The Kier molecular flexibility index (Phi) is 19.1. The van der Waals surface area contributed by atoms with E-state index < -0.39 is 17.8 Å². The van der Waals surface area contributed by atoms with Crippen LogP contribution in [0.15, 0.2) is 127 Å². The highest BCUT2D eigenvalue weighted by Gasteiger charge is 2.30. The first-order valence-electron chi connectivity index (χ1n) is 20.8.